The van der Waals surface area contributed by atoms with Crippen LogP contribution in [0.1, 0.15) is 10.5 Å². The molecule has 0 bridgehead atoms. The molecule has 4 nitrogen and oxygen atoms in total. The molecule has 0 aliphatic heterocycles. The second-order valence-corrected chi connectivity index (χ2v) is 6.02. The molecule has 0 spiro atoms. The molecule has 0 fully saturated rings. The Hall–Kier alpha value is -2.37. The van der Waals surface area contributed by atoms with Gasteiger partial charge in [-0.15, -0.1) is 11.3 Å². The maximum Gasteiger partial charge on any atom is 0.275 e. The van der Waals surface area contributed by atoms with Gasteiger partial charge in [-0.2, -0.15) is 0 Å². The van der Waals surface area contributed by atoms with E-state index in [-0.39, 0.29) is 5.91 Å². The van der Waals surface area contributed by atoms with Crippen molar-refractivity contribution in [2.45, 2.75) is 0 Å². The van der Waals surface area contributed by atoms with Gasteiger partial charge in [-0.05, 0) is 48.5 Å². The van der Waals surface area contributed by atoms with Crippen molar-refractivity contribution in [2.24, 2.45) is 0 Å². The van der Waals surface area contributed by atoms with Crippen molar-refractivity contribution >= 4 is 34.5 Å². The summed E-state index contributed by atoms with van der Waals surface area (Å²) in [5.74, 6) is 0.536. The molecule has 0 unspecified atom stereocenters. The summed E-state index contributed by atoms with van der Waals surface area (Å²) in [7, 11) is 1.62. The maximum atomic E-state index is 12.2. The fourth-order valence-corrected chi connectivity index (χ4v) is 2.90. The largest absolute Gasteiger partial charge is 0.497 e. The highest BCUT2D eigenvalue weighted by Crippen LogP contribution is 2.26. The number of rotatable bonds is 4. The molecule has 3 aromatic rings. The lowest BCUT2D eigenvalue weighted by Crippen LogP contribution is -2.12. The molecule has 116 valence electrons. The van der Waals surface area contributed by atoms with Crippen LogP contribution in [-0.2, 0) is 0 Å². The quantitative estimate of drug-likeness (QED) is 0.744. The predicted molar refractivity (Wildman–Crippen MR) is 93.5 cm³/mol. The molecule has 23 heavy (non-hydrogen) atoms. The molecular weight excluding hydrogens is 332 g/mol. The number of ether oxygens (including phenoxy) is 1. The van der Waals surface area contributed by atoms with Gasteiger partial charge in [-0.3, -0.25) is 4.79 Å². The molecule has 0 saturated carbocycles. The van der Waals surface area contributed by atoms with Gasteiger partial charge < -0.3 is 10.1 Å². The Balaban J connectivity index is 1.75. The zero-order valence-electron chi connectivity index (χ0n) is 12.2. The lowest BCUT2D eigenvalue weighted by molar-refractivity contribution is 0.102. The molecule has 1 N–H and O–H groups in total. The number of thiazole rings is 1. The van der Waals surface area contributed by atoms with Gasteiger partial charge in [0.05, 0.1) is 7.11 Å². The summed E-state index contributed by atoms with van der Waals surface area (Å²) in [4.78, 5) is 16.6. The summed E-state index contributed by atoms with van der Waals surface area (Å²) in [6.45, 7) is 0. The van der Waals surface area contributed by atoms with E-state index in [1.54, 1.807) is 36.8 Å². The number of hydrogen-bond acceptors (Lipinski definition) is 4. The zero-order chi connectivity index (χ0) is 16.2. The highest BCUT2D eigenvalue weighted by atomic mass is 35.5. The number of halogens is 1. The number of amides is 1. The van der Waals surface area contributed by atoms with Crippen LogP contribution in [0.2, 0.25) is 5.02 Å². The second kappa shape index (κ2) is 6.81. The first-order valence-electron chi connectivity index (χ1n) is 6.82. The van der Waals surface area contributed by atoms with E-state index in [1.807, 2.05) is 24.3 Å². The molecule has 2 aromatic carbocycles. The topological polar surface area (TPSA) is 51.2 Å². The van der Waals surface area contributed by atoms with Gasteiger partial charge in [-0.1, -0.05) is 11.6 Å². The minimum Gasteiger partial charge on any atom is -0.497 e. The molecule has 1 aromatic heterocycles. The molecule has 3 rings (SSSR count). The number of nitrogens with one attached hydrogen (secondary N) is 1. The average Bonchev–Trinajstić information content (AvgIpc) is 3.07. The third-order valence-corrected chi connectivity index (χ3v) is 4.32. The van der Waals surface area contributed by atoms with Crippen molar-refractivity contribution < 1.29 is 9.53 Å². The molecule has 0 aliphatic rings. The van der Waals surface area contributed by atoms with Gasteiger partial charge in [-0.25, -0.2) is 4.98 Å². The van der Waals surface area contributed by atoms with Crippen molar-refractivity contribution in [1.82, 2.24) is 4.98 Å². The van der Waals surface area contributed by atoms with Crippen LogP contribution in [0, 0.1) is 0 Å². The van der Waals surface area contributed by atoms with Crippen molar-refractivity contribution in [3.05, 3.63) is 64.6 Å². The first-order chi connectivity index (χ1) is 11.2. The lowest BCUT2D eigenvalue weighted by Gasteiger charge is -2.03. The van der Waals surface area contributed by atoms with Crippen LogP contribution in [0.25, 0.3) is 10.6 Å². The minimum absolute atomic E-state index is 0.247. The standard InChI is InChI=1S/C17H13ClN2O2S/c1-22-14-8-2-11(3-9-14)17-20-15(10-23-17)16(21)19-13-6-4-12(18)5-7-13/h2-10H,1H3,(H,19,21). The highest BCUT2D eigenvalue weighted by molar-refractivity contribution is 7.13. The van der Waals surface area contributed by atoms with E-state index in [4.69, 9.17) is 16.3 Å². The predicted octanol–water partition coefficient (Wildman–Crippen LogP) is 4.72. The van der Waals surface area contributed by atoms with E-state index < -0.39 is 0 Å². The van der Waals surface area contributed by atoms with Crippen molar-refractivity contribution in [1.29, 1.82) is 0 Å². The first-order valence-corrected chi connectivity index (χ1v) is 8.08. The van der Waals surface area contributed by atoms with Crippen LogP contribution in [-0.4, -0.2) is 18.0 Å². The van der Waals surface area contributed by atoms with E-state index in [1.165, 1.54) is 11.3 Å². The van der Waals surface area contributed by atoms with Gasteiger partial charge in [0, 0.05) is 21.7 Å². The number of methoxy groups -OCH3 is 1. The van der Waals surface area contributed by atoms with Crippen LogP contribution < -0.4 is 10.1 Å². The van der Waals surface area contributed by atoms with Gasteiger partial charge in [0.15, 0.2) is 0 Å². The summed E-state index contributed by atoms with van der Waals surface area (Å²) >= 11 is 7.25. The number of carbonyl (C=O) groups is 1. The number of benzene rings is 2. The normalized spacial score (nSPS) is 10.3. The van der Waals surface area contributed by atoms with Crippen LogP contribution >= 0.6 is 22.9 Å². The maximum absolute atomic E-state index is 12.2. The van der Waals surface area contributed by atoms with Crippen molar-refractivity contribution in [3.63, 3.8) is 0 Å². The highest BCUT2D eigenvalue weighted by Gasteiger charge is 2.12. The fourth-order valence-electron chi connectivity index (χ4n) is 1.97. The Morgan fingerprint density at radius 2 is 1.83 bits per heavy atom. The zero-order valence-corrected chi connectivity index (χ0v) is 13.8. The molecule has 0 aliphatic carbocycles. The number of anilines is 1. The third-order valence-electron chi connectivity index (χ3n) is 3.18. The molecule has 1 heterocycles. The molecular formula is C17H13ClN2O2S. The fraction of sp³-hybridized carbons (Fsp3) is 0.0588. The monoisotopic (exact) mass is 344 g/mol. The van der Waals surface area contributed by atoms with Crippen LogP contribution in [0.15, 0.2) is 53.9 Å². The van der Waals surface area contributed by atoms with E-state index in [9.17, 15) is 4.79 Å². The Bertz CT molecular complexity index is 813. The summed E-state index contributed by atoms with van der Waals surface area (Å²) < 4.78 is 5.13. The smallest absolute Gasteiger partial charge is 0.275 e. The van der Waals surface area contributed by atoms with Gasteiger partial charge >= 0.3 is 0 Å². The van der Waals surface area contributed by atoms with Crippen LogP contribution in [0.5, 0.6) is 5.75 Å². The lowest BCUT2D eigenvalue weighted by atomic mass is 10.2. The van der Waals surface area contributed by atoms with Crippen molar-refractivity contribution in [3.8, 4) is 16.3 Å². The van der Waals surface area contributed by atoms with E-state index in [0.717, 1.165) is 16.3 Å². The van der Waals surface area contributed by atoms with Crippen LogP contribution in [0.4, 0.5) is 5.69 Å². The van der Waals surface area contributed by atoms with Crippen LogP contribution in [0.3, 0.4) is 0 Å². The van der Waals surface area contributed by atoms with Gasteiger partial charge in [0.25, 0.3) is 5.91 Å². The minimum atomic E-state index is -0.247. The number of aromatic nitrogens is 1. The van der Waals surface area contributed by atoms with E-state index in [0.29, 0.717) is 16.4 Å². The molecule has 0 radical (unpaired) electrons. The number of nitrogens with zero attached hydrogens (tertiary/aromatic N) is 1. The number of hydrogen-bond donors (Lipinski definition) is 1. The van der Waals surface area contributed by atoms with Gasteiger partial charge in [0.1, 0.15) is 16.5 Å². The Labute approximate surface area is 142 Å². The molecule has 1 amide bonds. The summed E-state index contributed by atoms with van der Waals surface area (Å²) in [6, 6.07) is 14.5. The van der Waals surface area contributed by atoms with E-state index >= 15 is 0 Å². The summed E-state index contributed by atoms with van der Waals surface area (Å²) in [5, 5.41) is 5.95. The van der Waals surface area contributed by atoms with Crippen molar-refractivity contribution in [2.75, 3.05) is 12.4 Å². The SMILES string of the molecule is COc1ccc(-c2nc(C(=O)Nc3ccc(Cl)cc3)cs2)cc1. The Morgan fingerprint density at radius 3 is 2.48 bits per heavy atom. The molecule has 6 heteroatoms. The third kappa shape index (κ3) is 3.70. The molecule has 0 saturated heterocycles. The Morgan fingerprint density at radius 1 is 1.13 bits per heavy atom. The molecule has 0 atom stereocenters. The first kappa shape index (κ1) is 15.5. The van der Waals surface area contributed by atoms with Gasteiger partial charge in [0.2, 0.25) is 0 Å². The summed E-state index contributed by atoms with van der Waals surface area (Å²) in [6.07, 6.45) is 0. The second-order valence-electron chi connectivity index (χ2n) is 4.73. The average molecular weight is 345 g/mol. The number of carbonyl (C=O) groups excluding carboxylic acids is 1. The summed E-state index contributed by atoms with van der Waals surface area (Å²) in [5.41, 5.74) is 2.01. The van der Waals surface area contributed by atoms with E-state index in [2.05, 4.69) is 10.3 Å². The Kier molecular flexibility index (Phi) is 4.60.